The van der Waals surface area contributed by atoms with Gasteiger partial charge >= 0.3 is 0 Å². The maximum absolute atomic E-state index is 12.2. The molecular formula is C14H26N2O2. The smallest absolute Gasteiger partial charge is 0.226 e. The number of aldehydes is 1. The molecule has 0 aromatic heterocycles. The van der Waals surface area contributed by atoms with E-state index >= 15 is 0 Å². The molecule has 4 heteroatoms. The summed E-state index contributed by atoms with van der Waals surface area (Å²) in [4.78, 5) is 27.2. The van der Waals surface area contributed by atoms with Crippen molar-refractivity contribution in [2.24, 2.45) is 11.8 Å². The molecule has 0 N–H and O–H groups in total. The van der Waals surface area contributed by atoms with Gasteiger partial charge < -0.3 is 9.69 Å². The number of nitrogens with zero attached hydrogens (tertiary/aromatic N) is 2. The number of carbonyl (C=O) groups is 2. The molecule has 0 bridgehead atoms. The molecule has 1 aliphatic heterocycles. The molecule has 104 valence electrons. The van der Waals surface area contributed by atoms with Gasteiger partial charge in [0.15, 0.2) is 0 Å². The van der Waals surface area contributed by atoms with Gasteiger partial charge in [-0.1, -0.05) is 27.2 Å². The molecule has 1 fully saturated rings. The Morgan fingerprint density at radius 2 is 1.83 bits per heavy atom. The van der Waals surface area contributed by atoms with Crippen molar-refractivity contribution < 1.29 is 9.59 Å². The quantitative estimate of drug-likeness (QED) is 0.673. The maximum atomic E-state index is 12.2. The topological polar surface area (TPSA) is 40.6 Å². The molecule has 0 radical (unpaired) electrons. The van der Waals surface area contributed by atoms with Crippen LogP contribution in [0.4, 0.5) is 0 Å². The number of carbonyl (C=O) groups excluding carboxylic acids is 2. The Labute approximate surface area is 110 Å². The molecule has 0 aliphatic carbocycles. The Bertz CT molecular complexity index is 273. The van der Waals surface area contributed by atoms with Gasteiger partial charge in [-0.2, -0.15) is 0 Å². The molecule has 1 heterocycles. The third-order valence-corrected chi connectivity index (χ3v) is 3.90. The molecule has 0 aromatic carbocycles. The second-order valence-electron chi connectivity index (χ2n) is 5.30. The van der Waals surface area contributed by atoms with E-state index in [9.17, 15) is 9.59 Å². The number of hydrogen-bond donors (Lipinski definition) is 0. The van der Waals surface area contributed by atoms with E-state index in [1.54, 1.807) is 0 Å². The van der Waals surface area contributed by atoms with Crippen molar-refractivity contribution in [1.82, 2.24) is 9.80 Å². The van der Waals surface area contributed by atoms with E-state index in [0.717, 1.165) is 39.0 Å². The summed E-state index contributed by atoms with van der Waals surface area (Å²) in [5.74, 6) is -0.245. The van der Waals surface area contributed by atoms with E-state index in [1.165, 1.54) is 12.8 Å². The molecule has 2 atom stereocenters. The van der Waals surface area contributed by atoms with Gasteiger partial charge in [-0.05, 0) is 13.0 Å². The zero-order chi connectivity index (χ0) is 13.5. The van der Waals surface area contributed by atoms with E-state index in [4.69, 9.17) is 0 Å². The standard InChI is InChI=1S/C14H26N2O2/c1-4-5-6-15-7-9-16(10-8-15)14(18)13(3)12(2)11-17/h11-13H,4-10H2,1-3H3. The molecule has 0 aromatic rings. The average Bonchev–Trinajstić information content (AvgIpc) is 2.43. The first-order chi connectivity index (χ1) is 8.60. The van der Waals surface area contributed by atoms with Gasteiger partial charge in [0, 0.05) is 38.0 Å². The fraction of sp³-hybridized carbons (Fsp3) is 0.857. The minimum Gasteiger partial charge on any atom is -0.340 e. The van der Waals surface area contributed by atoms with E-state index in [1.807, 2.05) is 18.7 Å². The Morgan fingerprint density at radius 3 is 2.33 bits per heavy atom. The Balaban J connectivity index is 2.38. The van der Waals surface area contributed by atoms with Crippen molar-refractivity contribution in [1.29, 1.82) is 0 Å². The van der Waals surface area contributed by atoms with Gasteiger partial charge in [0.1, 0.15) is 6.29 Å². The SMILES string of the molecule is CCCCN1CCN(C(=O)C(C)C(C)C=O)CC1. The summed E-state index contributed by atoms with van der Waals surface area (Å²) in [6.45, 7) is 10.5. The average molecular weight is 254 g/mol. The molecule has 0 saturated carbocycles. The molecule has 18 heavy (non-hydrogen) atoms. The highest BCUT2D eigenvalue weighted by atomic mass is 16.2. The first-order valence-electron chi connectivity index (χ1n) is 7.06. The Kier molecular flexibility index (Phi) is 6.33. The van der Waals surface area contributed by atoms with Crippen molar-refractivity contribution in [3.8, 4) is 0 Å². The van der Waals surface area contributed by atoms with Crippen LogP contribution in [0.1, 0.15) is 33.6 Å². The van der Waals surface area contributed by atoms with Crippen LogP contribution >= 0.6 is 0 Å². The van der Waals surface area contributed by atoms with E-state index < -0.39 is 0 Å². The highest BCUT2D eigenvalue weighted by Crippen LogP contribution is 2.14. The lowest BCUT2D eigenvalue weighted by molar-refractivity contribution is -0.139. The summed E-state index contributed by atoms with van der Waals surface area (Å²) in [5, 5.41) is 0. The van der Waals surface area contributed by atoms with Crippen LogP contribution in [0.5, 0.6) is 0 Å². The van der Waals surface area contributed by atoms with Crippen LogP contribution in [0.2, 0.25) is 0 Å². The lowest BCUT2D eigenvalue weighted by Gasteiger charge is -2.36. The summed E-state index contributed by atoms with van der Waals surface area (Å²) < 4.78 is 0. The third-order valence-electron chi connectivity index (χ3n) is 3.90. The van der Waals surface area contributed by atoms with Gasteiger partial charge in [0.25, 0.3) is 0 Å². The summed E-state index contributed by atoms with van der Waals surface area (Å²) in [6.07, 6.45) is 3.32. The van der Waals surface area contributed by atoms with Gasteiger partial charge in [0.2, 0.25) is 5.91 Å². The zero-order valence-corrected chi connectivity index (χ0v) is 11.9. The fourth-order valence-corrected chi connectivity index (χ4v) is 2.20. The number of piperazine rings is 1. The number of hydrogen-bond acceptors (Lipinski definition) is 3. The number of rotatable bonds is 6. The maximum Gasteiger partial charge on any atom is 0.226 e. The van der Waals surface area contributed by atoms with Gasteiger partial charge in [0.05, 0.1) is 0 Å². The second kappa shape index (κ2) is 7.52. The lowest BCUT2D eigenvalue weighted by atomic mass is 9.96. The van der Waals surface area contributed by atoms with Crippen LogP contribution in [0.15, 0.2) is 0 Å². The van der Waals surface area contributed by atoms with Gasteiger partial charge in [-0.3, -0.25) is 9.69 Å². The molecule has 1 aliphatic rings. The fourth-order valence-electron chi connectivity index (χ4n) is 2.20. The summed E-state index contributed by atoms with van der Waals surface area (Å²) in [6, 6.07) is 0. The highest BCUT2D eigenvalue weighted by Gasteiger charge is 2.27. The van der Waals surface area contributed by atoms with Gasteiger partial charge in [-0.15, -0.1) is 0 Å². The summed E-state index contributed by atoms with van der Waals surface area (Å²) in [5.41, 5.74) is 0. The normalized spacial score (nSPS) is 20.5. The second-order valence-corrected chi connectivity index (χ2v) is 5.30. The Morgan fingerprint density at radius 1 is 1.22 bits per heavy atom. The highest BCUT2D eigenvalue weighted by molar-refractivity contribution is 5.81. The zero-order valence-electron chi connectivity index (χ0n) is 11.9. The van der Waals surface area contributed by atoms with Crippen LogP contribution < -0.4 is 0 Å². The molecule has 4 nitrogen and oxygen atoms in total. The predicted octanol–water partition coefficient (Wildman–Crippen LogP) is 1.40. The first kappa shape index (κ1) is 15.2. The first-order valence-corrected chi connectivity index (χ1v) is 7.06. The van der Waals surface area contributed by atoms with Crippen LogP contribution in [0, 0.1) is 11.8 Å². The molecule has 1 amide bonds. The molecule has 2 unspecified atom stereocenters. The monoisotopic (exact) mass is 254 g/mol. The molecular weight excluding hydrogens is 228 g/mol. The van der Waals surface area contributed by atoms with Gasteiger partial charge in [-0.25, -0.2) is 0 Å². The van der Waals surface area contributed by atoms with Crippen molar-refractivity contribution in [2.45, 2.75) is 33.6 Å². The van der Waals surface area contributed by atoms with Crippen molar-refractivity contribution in [3.05, 3.63) is 0 Å². The molecule has 1 rings (SSSR count). The minimum absolute atomic E-state index is 0.129. The van der Waals surface area contributed by atoms with E-state index in [2.05, 4.69) is 11.8 Å². The molecule has 1 saturated heterocycles. The van der Waals surface area contributed by atoms with Crippen molar-refractivity contribution in [2.75, 3.05) is 32.7 Å². The Hall–Kier alpha value is -0.900. The van der Waals surface area contributed by atoms with E-state index in [0.29, 0.717) is 0 Å². The van der Waals surface area contributed by atoms with Crippen molar-refractivity contribution >= 4 is 12.2 Å². The molecule has 0 spiro atoms. The summed E-state index contributed by atoms with van der Waals surface area (Å²) in [7, 11) is 0. The lowest BCUT2D eigenvalue weighted by Crippen LogP contribution is -2.50. The number of amides is 1. The van der Waals surface area contributed by atoms with E-state index in [-0.39, 0.29) is 17.7 Å². The van der Waals surface area contributed by atoms with Crippen LogP contribution in [-0.2, 0) is 9.59 Å². The van der Waals surface area contributed by atoms with Crippen LogP contribution in [0.3, 0.4) is 0 Å². The summed E-state index contributed by atoms with van der Waals surface area (Å²) >= 11 is 0. The largest absolute Gasteiger partial charge is 0.340 e. The van der Waals surface area contributed by atoms with Crippen molar-refractivity contribution in [3.63, 3.8) is 0 Å². The third kappa shape index (κ3) is 4.09. The predicted molar refractivity (Wildman–Crippen MR) is 72.3 cm³/mol. The minimum atomic E-state index is -0.190. The van der Waals surface area contributed by atoms with Crippen LogP contribution in [0.25, 0.3) is 0 Å². The number of unbranched alkanes of at least 4 members (excludes halogenated alkanes) is 1. The van der Waals surface area contributed by atoms with Crippen LogP contribution in [-0.4, -0.2) is 54.7 Å².